The molecular weight excluding hydrogens is 116 g/mol. The minimum Gasteiger partial charge on any atom is -0.246 e. The second kappa shape index (κ2) is 2.21. The number of carbonyl (C=O) groups is 1. The van der Waals surface area contributed by atoms with Crippen LogP contribution in [0, 0.1) is 5.41 Å². The van der Waals surface area contributed by atoms with Crippen LogP contribution in [0.5, 0.6) is 0 Å². The van der Waals surface area contributed by atoms with Crippen LogP contribution in [-0.2, 0) is 9.90 Å². The highest BCUT2D eigenvalue weighted by Crippen LogP contribution is 2.23. The summed E-state index contributed by atoms with van der Waals surface area (Å²) in [6.07, 6.45) is 0. The van der Waals surface area contributed by atoms with Gasteiger partial charge in [0, 0.05) is 0 Å². The van der Waals surface area contributed by atoms with E-state index in [9.17, 15) is 9.90 Å². The molecule has 0 aliphatic heterocycles. The quantitative estimate of drug-likeness (QED) is 0.518. The molecule has 0 aromatic carbocycles. The lowest BCUT2D eigenvalue weighted by Gasteiger charge is -2.16. The molecule has 0 N–H and O–H groups in total. The van der Waals surface area contributed by atoms with E-state index in [1.165, 1.54) is 0 Å². The Labute approximate surface area is 55.2 Å². The minimum atomic E-state index is -1.07. The first-order valence-electron chi connectivity index (χ1n) is 2.76. The number of rotatable bonds is 2. The molecule has 0 aliphatic rings. The molecule has 0 saturated heterocycles. The molecule has 1 radical (unpaired) electrons. The SMILES string of the molecule is C=C(C)C(C)(C)C([O])=O. The summed E-state index contributed by atoms with van der Waals surface area (Å²) in [6, 6.07) is 0. The van der Waals surface area contributed by atoms with Crippen molar-refractivity contribution < 1.29 is 9.90 Å². The highest BCUT2D eigenvalue weighted by molar-refractivity contribution is 5.76. The fourth-order valence-corrected chi connectivity index (χ4v) is 0.174. The van der Waals surface area contributed by atoms with Crippen LogP contribution >= 0.6 is 0 Å². The Kier molecular flexibility index (Phi) is 2.02. The maximum atomic E-state index is 10.3. The molecular formula is C7H11O2. The van der Waals surface area contributed by atoms with Crippen molar-refractivity contribution in [3.63, 3.8) is 0 Å². The molecule has 0 atom stereocenters. The molecule has 0 rings (SSSR count). The predicted octanol–water partition coefficient (Wildman–Crippen LogP) is 1.55. The highest BCUT2D eigenvalue weighted by Gasteiger charge is 2.29. The Morgan fingerprint density at radius 3 is 1.78 bits per heavy atom. The number of hydrogen-bond acceptors (Lipinski definition) is 1. The Bertz CT molecular complexity index is 129. The van der Waals surface area contributed by atoms with E-state index in [-0.39, 0.29) is 0 Å². The summed E-state index contributed by atoms with van der Waals surface area (Å²) in [4.78, 5) is 10.3. The maximum absolute atomic E-state index is 10.3. The van der Waals surface area contributed by atoms with E-state index in [2.05, 4.69) is 6.58 Å². The fraction of sp³-hybridized carbons (Fsp3) is 0.571. The molecule has 0 spiro atoms. The van der Waals surface area contributed by atoms with E-state index in [1.54, 1.807) is 20.8 Å². The van der Waals surface area contributed by atoms with Crippen LogP contribution in [0.3, 0.4) is 0 Å². The van der Waals surface area contributed by atoms with E-state index in [4.69, 9.17) is 0 Å². The molecule has 0 bridgehead atoms. The van der Waals surface area contributed by atoms with Crippen LogP contribution < -0.4 is 0 Å². The molecule has 0 saturated carbocycles. The summed E-state index contributed by atoms with van der Waals surface area (Å²) in [7, 11) is 0. The smallest absolute Gasteiger partial charge is 0.246 e. The van der Waals surface area contributed by atoms with Crippen molar-refractivity contribution in [3.8, 4) is 0 Å². The van der Waals surface area contributed by atoms with Crippen molar-refractivity contribution in [2.45, 2.75) is 20.8 Å². The molecule has 2 nitrogen and oxygen atoms in total. The predicted molar refractivity (Wildman–Crippen MR) is 34.3 cm³/mol. The van der Waals surface area contributed by atoms with Gasteiger partial charge in [-0.25, -0.2) is 9.90 Å². The number of carbonyl (C=O) groups excluding carboxylic acids is 1. The van der Waals surface area contributed by atoms with Crippen molar-refractivity contribution in [3.05, 3.63) is 12.2 Å². The molecule has 0 fully saturated rings. The van der Waals surface area contributed by atoms with E-state index < -0.39 is 11.4 Å². The fourth-order valence-electron chi connectivity index (χ4n) is 0.174. The lowest BCUT2D eigenvalue weighted by Crippen LogP contribution is -2.23. The topological polar surface area (TPSA) is 37.0 Å². The zero-order valence-electron chi connectivity index (χ0n) is 6.02. The molecule has 51 valence electrons. The molecule has 0 unspecified atom stereocenters. The van der Waals surface area contributed by atoms with Gasteiger partial charge in [-0.05, 0) is 20.8 Å². The Balaban J connectivity index is 4.38. The van der Waals surface area contributed by atoms with Crippen molar-refractivity contribution in [1.82, 2.24) is 0 Å². The van der Waals surface area contributed by atoms with Gasteiger partial charge in [0.2, 0.25) is 0 Å². The Morgan fingerprint density at radius 2 is 1.78 bits per heavy atom. The highest BCUT2D eigenvalue weighted by atomic mass is 16.4. The van der Waals surface area contributed by atoms with Crippen LogP contribution in [0.2, 0.25) is 0 Å². The molecule has 2 heteroatoms. The number of hydrogen-bond donors (Lipinski definition) is 0. The van der Waals surface area contributed by atoms with Crippen LogP contribution in [0.15, 0.2) is 12.2 Å². The van der Waals surface area contributed by atoms with Gasteiger partial charge in [-0.2, -0.15) is 0 Å². The molecule has 9 heavy (non-hydrogen) atoms. The monoisotopic (exact) mass is 127 g/mol. The van der Waals surface area contributed by atoms with Crippen molar-refractivity contribution in [1.29, 1.82) is 0 Å². The average molecular weight is 127 g/mol. The molecule has 0 amide bonds. The summed E-state index contributed by atoms with van der Waals surface area (Å²) in [5.74, 6) is -1.07. The summed E-state index contributed by atoms with van der Waals surface area (Å²) in [5, 5.41) is 10.3. The first kappa shape index (κ1) is 8.21. The largest absolute Gasteiger partial charge is 0.365 e. The van der Waals surface area contributed by atoms with Gasteiger partial charge in [-0.3, -0.25) is 0 Å². The summed E-state index contributed by atoms with van der Waals surface area (Å²) in [5.41, 5.74) is -0.275. The van der Waals surface area contributed by atoms with Crippen LogP contribution in [0.4, 0.5) is 0 Å². The first-order chi connectivity index (χ1) is 3.89. The van der Waals surface area contributed by atoms with Gasteiger partial charge in [0.1, 0.15) is 0 Å². The molecule has 0 heterocycles. The zero-order chi connectivity index (χ0) is 7.65. The maximum Gasteiger partial charge on any atom is 0.365 e. The Morgan fingerprint density at radius 1 is 1.44 bits per heavy atom. The van der Waals surface area contributed by atoms with Gasteiger partial charge in [-0.15, -0.1) is 0 Å². The van der Waals surface area contributed by atoms with E-state index in [0.29, 0.717) is 5.57 Å². The van der Waals surface area contributed by atoms with Crippen molar-refractivity contribution in [2.75, 3.05) is 0 Å². The lowest BCUT2D eigenvalue weighted by molar-refractivity contribution is -0.151. The van der Waals surface area contributed by atoms with Crippen LogP contribution in [0.25, 0.3) is 0 Å². The normalized spacial score (nSPS) is 11.0. The third kappa shape index (κ3) is 1.56. The summed E-state index contributed by atoms with van der Waals surface area (Å²) < 4.78 is 0. The van der Waals surface area contributed by atoms with Crippen LogP contribution in [0.1, 0.15) is 20.8 Å². The third-order valence-corrected chi connectivity index (χ3v) is 1.58. The first-order valence-corrected chi connectivity index (χ1v) is 2.76. The van der Waals surface area contributed by atoms with E-state index in [1.807, 2.05) is 0 Å². The second-order valence-electron chi connectivity index (χ2n) is 2.69. The molecule has 0 aliphatic carbocycles. The minimum absolute atomic E-state index is 0.613. The van der Waals surface area contributed by atoms with Gasteiger partial charge >= 0.3 is 5.97 Å². The van der Waals surface area contributed by atoms with Crippen molar-refractivity contribution >= 4 is 5.97 Å². The third-order valence-electron chi connectivity index (χ3n) is 1.58. The zero-order valence-corrected chi connectivity index (χ0v) is 6.02. The van der Waals surface area contributed by atoms with E-state index in [0.717, 1.165) is 0 Å². The van der Waals surface area contributed by atoms with Gasteiger partial charge in [0.05, 0.1) is 5.41 Å². The summed E-state index contributed by atoms with van der Waals surface area (Å²) in [6.45, 7) is 8.35. The standard InChI is InChI=1S/C7H11O2/c1-5(2)7(3,4)6(8)9/h1H2,2-4H3. The van der Waals surface area contributed by atoms with Gasteiger partial charge in [0.15, 0.2) is 0 Å². The average Bonchev–Trinajstić information content (AvgIpc) is 1.65. The van der Waals surface area contributed by atoms with E-state index >= 15 is 0 Å². The van der Waals surface area contributed by atoms with Gasteiger partial charge < -0.3 is 0 Å². The van der Waals surface area contributed by atoms with Crippen LogP contribution in [-0.4, -0.2) is 5.97 Å². The summed E-state index contributed by atoms with van der Waals surface area (Å²) >= 11 is 0. The molecule has 0 aromatic rings. The lowest BCUT2D eigenvalue weighted by atomic mass is 9.87. The second-order valence-corrected chi connectivity index (χ2v) is 2.69. The molecule has 0 aromatic heterocycles. The Hall–Kier alpha value is -0.790. The van der Waals surface area contributed by atoms with Gasteiger partial charge in [-0.1, -0.05) is 12.2 Å². The van der Waals surface area contributed by atoms with Crippen molar-refractivity contribution in [2.24, 2.45) is 5.41 Å². The van der Waals surface area contributed by atoms with Gasteiger partial charge in [0.25, 0.3) is 0 Å².